The Morgan fingerprint density at radius 2 is 1.70 bits per heavy atom. The van der Waals surface area contributed by atoms with Crippen molar-refractivity contribution in [3.05, 3.63) is 107 Å². The number of carbonyl (C=O) groups excluding carboxylic acids is 1. The SMILES string of the molecule is Cc1cccc(-c2ccc3nc(-c4ccc(Cl)cc4)c(CN4CCN(C(=O)c5ccco5)CC4)n3c2)c1. The van der Waals surface area contributed by atoms with Gasteiger partial charge in [-0.3, -0.25) is 9.69 Å². The third-order valence-corrected chi connectivity index (χ3v) is 7.20. The van der Waals surface area contributed by atoms with Gasteiger partial charge < -0.3 is 13.7 Å². The highest BCUT2D eigenvalue weighted by molar-refractivity contribution is 6.30. The maximum atomic E-state index is 12.7. The summed E-state index contributed by atoms with van der Waals surface area (Å²) in [6.07, 6.45) is 3.72. The molecule has 1 aliphatic rings. The van der Waals surface area contributed by atoms with E-state index in [4.69, 9.17) is 21.0 Å². The highest BCUT2D eigenvalue weighted by Crippen LogP contribution is 2.30. The number of amides is 1. The van der Waals surface area contributed by atoms with Crippen molar-refractivity contribution in [1.29, 1.82) is 0 Å². The molecule has 0 aliphatic carbocycles. The van der Waals surface area contributed by atoms with Gasteiger partial charge in [0.05, 0.1) is 17.7 Å². The Labute approximate surface area is 220 Å². The number of carbonyl (C=O) groups is 1. The van der Waals surface area contributed by atoms with Crippen LogP contribution >= 0.6 is 11.6 Å². The average molecular weight is 511 g/mol. The van der Waals surface area contributed by atoms with Gasteiger partial charge in [-0.2, -0.15) is 0 Å². The molecule has 1 fully saturated rings. The maximum absolute atomic E-state index is 12.7. The lowest BCUT2D eigenvalue weighted by atomic mass is 10.1. The normalized spacial score (nSPS) is 14.4. The molecule has 2 aromatic carbocycles. The van der Waals surface area contributed by atoms with Crippen LogP contribution in [0.25, 0.3) is 28.0 Å². The van der Waals surface area contributed by atoms with Crippen LogP contribution in [-0.2, 0) is 6.54 Å². The predicted octanol–water partition coefficient (Wildman–Crippen LogP) is 6.18. The summed E-state index contributed by atoms with van der Waals surface area (Å²) in [5.41, 5.74) is 7.57. The van der Waals surface area contributed by atoms with E-state index in [1.807, 2.05) is 29.2 Å². The third kappa shape index (κ3) is 4.78. The second kappa shape index (κ2) is 9.88. The smallest absolute Gasteiger partial charge is 0.289 e. The molecule has 1 saturated heterocycles. The van der Waals surface area contributed by atoms with E-state index in [1.165, 1.54) is 17.4 Å². The molecule has 5 aromatic rings. The van der Waals surface area contributed by atoms with Crippen molar-refractivity contribution in [1.82, 2.24) is 19.2 Å². The third-order valence-electron chi connectivity index (χ3n) is 6.95. The fourth-order valence-electron chi connectivity index (χ4n) is 4.96. The molecule has 3 aromatic heterocycles. The largest absolute Gasteiger partial charge is 0.459 e. The molecule has 186 valence electrons. The topological polar surface area (TPSA) is 54.0 Å². The molecule has 0 radical (unpaired) electrons. The summed E-state index contributed by atoms with van der Waals surface area (Å²) in [7, 11) is 0. The number of imidazole rings is 1. The van der Waals surface area contributed by atoms with Crippen LogP contribution in [0, 0.1) is 6.92 Å². The Balaban J connectivity index is 1.33. The molecule has 7 heteroatoms. The number of aryl methyl sites for hydroxylation is 1. The molecule has 0 bridgehead atoms. The molecular formula is C30H27ClN4O2. The zero-order valence-electron chi connectivity index (χ0n) is 20.6. The van der Waals surface area contributed by atoms with Crippen LogP contribution in [0.1, 0.15) is 21.8 Å². The number of pyridine rings is 1. The van der Waals surface area contributed by atoms with Crippen molar-refractivity contribution < 1.29 is 9.21 Å². The summed E-state index contributed by atoms with van der Waals surface area (Å²) in [5.74, 6) is 0.341. The van der Waals surface area contributed by atoms with Gasteiger partial charge in [0.2, 0.25) is 0 Å². The van der Waals surface area contributed by atoms with Crippen molar-refractivity contribution >= 4 is 23.2 Å². The minimum atomic E-state index is -0.0518. The Morgan fingerprint density at radius 1 is 0.919 bits per heavy atom. The second-order valence-electron chi connectivity index (χ2n) is 9.48. The summed E-state index contributed by atoms with van der Waals surface area (Å²) in [6.45, 7) is 5.69. The zero-order valence-corrected chi connectivity index (χ0v) is 21.4. The summed E-state index contributed by atoms with van der Waals surface area (Å²) < 4.78 is 7.52. The number of piperazine rings is 1. The molecule has 0 saturated carbocycles. The minimum absolute atomic E-state index is 0.0518. The number of hydrogen-bond acceptors (Lipinski definition) is 4. The van der Waals surface area contributed by atoms with Gasteiger partial charge in [0.25, 0.3) is 5.91 Å². The van der Waals surface area contributed by atoms with Crippen molar-refractivity contribution in [2.75, 3.05) is 26.2 Å². The van der Waals surface area contributed by atoms with Gasteiger partial charge in [0, 0.05) is 49.5 Å². The van der Waals surface area contributed by atoms with E-state index < -0.39 is 0 Å². The Hall–Kier alpha value is -3.87. The molecule has 1 amide bonds. The number of rotatable bonds is 5. The number of hydrogen-bond donors (Lipinski definition) is 0. The number of furan rings is 1. The molecule has 0 atom stereocenters. The Morgan fingerprint density at radius 3 is 2.43 bits per heavy atom. The average Bonchev–Trinajstić information content (AvgIpc) is 3.58. The van der Waals surface area contributed by atoms with Crippen LogP contribution in [0.4, 0.5) is 0 Å². The predicted molar refractivity (Wildman–Crippen MR) is 146 cm³/mol. The van der Waals surface area contributed by atoms with E-state index in [9.17, 15) is 4.79 Å². The molecule has 6 rings (SSSR count). The van der Waals surface area contributed by atoms with E-state index >= 15 is 0 Å². The first kappa shape index (κ1) is 23.5. The number of nitrogens with zero attached hydrogens (tertiary/aromatic N) is 4. The standard InChI is InChI=1S/C30H27ClN4O2/c1-21-4-2-5-23(18-21)24-9-12-28-32-29(22-7-10-25(31)11-8-22)26(35(28)19-24)20-33-13-15-34(16-14-33)30(36)27-6-3-17-37-27/h2-12,17-19H,13-16,20H2,1H3. The number of benzene rings is 2. The Kier molecular flexibility index (Phi) is 6.28. The maximum Gasteiger partial charge on any atom is 0.289 e. The molecule has 0 unspecified atom stereocenters. The lowest BCUT2D eigenvalue weighted by Crippen LogP contribution is -2.48. The molecule has 37 heavy (non-hydrogen) atoms. The van der Waals surface area contributed by atoms with Gasteiger partial charge in [-0.25, -0.2) is 4.98 Å². The van der Waals surface area contributed by atoms with Crippen LogP contribution < -0.4 is 0 Å². The van der Waals surface area contributed by atoms with Crippen LogP contribution in [0.15, 0.2) is 89.7 Å². The van der Waals surface area contributed by atoms with Crippen LogP contribution in [-0.4, -0.2) is 51.3 Å². The monoisotopic (exact) mass is 510 g/mol. The first-order valence-corrected chi connectivity index (χ1v) is 12.8. The van der Waals surface area contributed by atoms with Gasteiger partial charge in [-0.1, -0.05) is 53.6 Å². The minimum Gasteiger partial charge on any atom is -0.459 e. The van der Waals surface area contributed by atoms with E-state index in [0.29, 0.717) is 23.9 Å². The van der Waals surface area contributed by atoms with E-state index in [-0.39, 0.29) is 5.91 Å². The quantitative estimate of drug-likeness (QED) is 0.283. The van der Waals surface area contributed by atoms with E-state index in [0.717, 1.165) is 47.8 Å². The highest BCUT2D eigenvalue weighted by atomic mass is 35.5. The number of fused-ring (bicyclic) bond motifs is 1. The molecule has 0 N–H and O–H groups in total. The molecule has 1 aliphatic heterocycles. The van der Waals surface area contributed by atoms with E-state index in [1.54, 1.807) is 12.1 Å². The summed E-state index contributed by atoms with van der Waals surface area (Å²) in [6, 6.07) is 24.1. The van der Waals surface area contributed by atoms with Crippen molar-refractivity contribution in [3.63, 3.8) is 0 Å². The lowest BCUT2D eigenvalue weighted by molar-refractivity contribution is 0.0596. The number of halogens is 1. The van der Waals surface area contributed by atoms with Gasteiger partial charge >= 0.3 is 0 Å². The first-order chi connectivity index (χ1) is 18.0. The molecule has 0 spiro atoms. The number of aromatic nitrogens is 2. The fraction of sp³-hybridized carbons (Fsp3) is 0.200. The van der Waals surface area contributed by atoms with Crippen molar-refractivity contribution in [2.24, 2.45) is 0 Å². The Bertz CT molecular complexity index is 1550. The zero-order chi connectivity index (χ0) is 25.4. The van der Waals surface area contributed by atoms with Crippen LogP contribution in [0.3, 0.4) is 0 Å². The molecular weight excluding hydrogens is 484 g/mol. The molecule has 4 heterocycles. The van der Waals surface area contributed by atoms with Gasteiger partial charge in [0.15, 0.2) is 5.76 Å². The van der Waals surface area contributed by atoms with Gasteiger partial charge in [-0.05, 0) is 54.4 Å². The lowest BCUT2D eigenvalue weighted by Gasteiger charge is -2.34. The van der Waals surface area contributed by atoms with Gasteiger partial charge in [-0.15, -0.1) is 0 Å². The summed E-state index contributed by atoms with van der Waals surface area (Å²) in [4.78, 5) is 22.0. The van der Waals surface area contributed by atoms with Crippen LogP contribution in [0.2, 0.25) is 5.02 Å². The fourth-order valence-corrected chi connectivity index (χ4v) is 5.08. The highest BCUT2D eigenvalue weighted by Gasteiger charge is 2.25. The first-order valence-electron chi connectivity index (χ1n) is 12.4. The van der Waals surface area contributed by atoms with Crippen molar-refractivity contribution in [2.45, 2.75) is 13.5 Å². The van der Waals surface area contributed by atoms with Gasteiger partial charge in [0.1, 0.15) is 5.65 Å². The summed E-state index contributed by atoms with van der Waals surface area (Å²) >= 11 is 6.18. The second-order valence-corrected chi connectivity index (χ2v) is 9.91. The van der Waals surface area contributed by atoms with E-state index in [2.05, 4.69) is 58.8 Å². The van der Waals surface area contributed by atoms with Crippen molar-refractivity contribution in [3.8, 4) is 22.4 Å². The van der Waals surface area contributed by atoms with Crippen LogP contribution in [0.5, 0.6) is 0 Å². The summed E-state index contributed by atoms with van der Waals surface area (Å²) in [5, 5.41) is 0.702. The molecule has 6 nitrogen and oxygen atoms in total.